The number of ether oxygens (including phenoxy) is 2. The van der Waals surface area contributed by atoms with E-state index in [0.717, 1.165) is 24.0 Å². The van der Waals surface area contributed by atoms with Crippen molar-refractivity contribution < 1.29 is 19.1 Å². The summed E-state index contributed by atoms with van der Waals surface area (Å²) in [6.45, 7) is 5.49. The molecule has 20 heavy (non-hydrogen) atoms. The molecular weight excluding hydrogens is 256 g/mol. The van der Waals surface area contributed by atoms with Crippen molar-refractivity contribution in [2.75, 3.05) is 0 Å². The molecule has 0 unspecified atom stereocenters. The molecule has 0 amide bonds. The van der Waals surface area contributed by atoms with Gasteiger partial charge in [0, 0.05) is 6.07 Å². The van der Waals surface area contributed by atoms with Crippen molar-refractivity contribution in [3.8, 4) is 11.5 Å². The number of hydrogen-bond donors (Lipinski definition) is 0. The van der Waals surface area contributed by atoms with Crippen LogP contribution in [-0.4, -0.2) is 11.8 Å². The number of aryl methyl sites for hydroxylation is 1. The Hall–Kier alpha value is -2.10. The summed E-state index contributed by atoms with van der Waals surface area (Å²) in [5.74, 6) is 1.03. The van der Waals surface area contributed by atoms with E-state index >= 15 is 0 Å². The molecule has 1 heterocycles. The third-order valence-electron chi connectivity index (χ3n) is 3.50. The van der Waals surface area contributed by atoms with Gasteiger partial charge in [0.05, 0.1) is 11.5 Å². The molecule has 0 spiro atoms. The second kappa shape index (κ2) is 4.47. The number of hydrogen-bond acceptors (Lipinski definition) is 4. The van der Waals surface area contributed by atoms with E-state index in [0.29, 0.717) is 22.8 Å². The number of fused-ring (bicyclic) bond motifs is 1. The second-order valence-electron chi connectivity index (χ2n) is 5.57. The summed E-state index contributed by atoms with van der Waals surface area (Å²) in [4.78, 5) is 23.9. The monoisotopic (exact) mass is 272 g/mol. The van der Waals surface area contributed by atoms with Crippen molar-refractivity contribution in [3.63, 3.8) is 0 Å². The number of rotatable bonds is 2. The van der Waals surface area contributed by atoms with Gasteiger partial charge in [0.15, 0.2) is 5.76 Å². The van der Waals surface area contributed by atoms with Gasteiger partial charge in [-0.2, -0.15) is 0 Å². The van der Waals surface area contributed by atoms with E-state index in [1.165, 1.54) is 0 Å². The predicted molar refractivity (Wildman–Crippen MR) is 72.9 cm³/mol. The maximum atomic E-state index is 12.2. The average molecular weight is 272 g/mol. The van der Waals surface area contributed by atoms with Crippen LogP contribution in [0.4, 0.5) is 0 Å². The van der Waals surface area contributed by atoms with Crippen molar-refractivity contribution in [1.82, 2.24) is 0 Å². The molecule has 1 fully saturated rings. The first-order valence-corrected chi connectivity index (χ1v) is 6.73. The zero-order valence-electron chi connectivity index (χ0n) is 11.8. The lowest BCUT2D eigenvalue weighted by atomic mass is 10.0. The molecule has 0 radical (unpaired) electrons. The normalized spacial score (nSPS) is 16.8. The number of esters is 1. The third-order valence-corrected chi connectivity index (χ3v) is 3.50. The van der Waals surface area contributed by atoms with Crippen LogP contribution in [0.2, 0.25) is 0 Å². The first kappa shape index (κ1) is 12.9. The van der Waals surface area contributed by atoms with E-state index in [1.807, 2.05) is 20.8 Å². The van der Waals surface area contributed by atoms with E-state index in [4.69, 9.17) is 9.47 Å². The van der Waals surface area contributed by atoms with Gasteiger partial charge in [-0.25, -0.2) is 0 Å². The van der Waals surface area contributed by atoms with Crippen LogP contribution >= 0.6 is 0 Å². The van der Waals surface area contributed by atoms with Crippen LogP contribution in [0.3, 0.4) is 0 Å². The van der Waals surface area contributed by atoms with Gasteiger partial charge in [0.2, 0.25) is 5.78 Å². The molecular formula is C16H16O4. The van der Waals surface area contributed by atoms with E-state index in [2.05, 4.69) is 0 Å². The van der Waals surface area contributed by atoms with Gasteiger partial charge in [0.1, 0.15) is 11.5 Å². The SMILES string of the molecule is CC(C)=C1Oc2cc(OC(=O)C3CC3)cc(C)c2C1=O. The van der Waals surface area contributed by atoms with E-state index in [9.17, 15) is 9.59 Å². The Morgan fingerprint density at radius 1 is 1.30 bits per heavy atom. The van der Waals surface area contributed by atoms with E-state index in [-0.39, 0.29) is 17.7 Å². The highest BCUT2D eigenvalue weighted by molar-refractivity contribution is 6.13. The van der Waals surface area contributed by atoms with E-state index < -0.39 is 0 Å². The van der Waals surface area contributed by atoms with Crippen LogP contribution in [-0.2, 0) is 4.79 Å². The number of Topliss-reactive ketones (excluding diaryl/α,β-unsaturated/α-hetero) is 1. The smallest absolute Gasteiger partial charge is 0.314 e. The first-order chi connectivity index (χ1) is 9.47. The summed E-state index contributed by atoms with van der Waals surface area (Å²) in [6, 6.07) is 3.34. The first-order valence-electron chi connectivity index (χ1n) is 6.73. The molecule has 0 bridgehead atoms. The van der Waals surface area contributed by atoms with Crippen LogP contribution in [0.1, 0.15) is 42.6 Å². The highest BCUT2D eigenvalue weighted by atomic mass is 16.5. The Bertz CT molecular complexity index is 647. The van der Waals surface area contributed by atoms with Crippen molar-refractivity contribution in [2.45, 2.75) is 33.6 Å². The van der Waals surface area contributed by atoms with Crippen LogP contribution in [0.15, 0.2) is 23.5 Å². The lowest BCUT2D eigenvalue weighted by Gasteiger charge is -2.07. The van der Waals surface area contributed by atoms with Gasteiger partial charge >= 0.3 is 5.97 Å². The van der Waals surface area contributed by atoms with Crippen LogP contribution in [0, 0.1) is 12.8 Å². The van der Waals surface area contributed by atoms with Gasteiger partial charge < -0.3 is 9.47 Å². The number of carbonyl (C=O) groups excluding carboxylic acids is 2. The van der Waals surface area contributed by atoms with Gasteiger partial charge in [-0.15, -0.1) is 0 Å². The summed E-state index contributed by atoms with van der Waals surface area (Å²) in [7, 11) is 0. The van der Waals surface area contributed by atoms with Crippen molar-refractivity contribution in [3.05, 3.63) is 34.6 Å². The lowest BCUT2D eigenvalue weighted by Crippen LogP contribution is -2.10. The zero-order valence-corrected chi connectivity index (χ0v) is 11.8. The minimum absolute atomic E-state index is 0.0412. The van der Waals surface area contributed by atoms with Gasteiger partial charge in [-0.3, -0.25) is 9.59 Å². The average Bonchev–Trinajstić information content (AvgIpc) is 3.14. The molecule has 0 atom stereocenters. The Morgan fingerprint density at radius 2 is 2.00 bits per heavy atom. The highest BCUT2D eigenvalue weighted by Crippen LogP contribution is 2.38. The minimum Gasteiger partial charge on any atom is -0.452 e. The minimum atomic E-state index is -0.198. The fraction of sp³-hybridized carbons (Fsp3) is 0.375. The Balaban J connectivity index is 1.94. The second-order valence-corrected chi connectivity index (χ2v) is 5.57. The molecule has 4 nitrogen and oxygen atoms in total. The largest absolute Gasteiger partial charge is 0.452 e. The van der Waals surface area contributed by atoms with Gasteiger partial charge in [0.25, 0.3) is 0 Å². The number of allylic oxidation sites excluding steroid dienone is 2. The van der Waals surface area contributed by atoms with Crippen molar-refractivity contribution in [1.29, 1.82) is 0 Å². The van der Waals surface area contributed by atoms with Gasteiger partial charge in [-0.05, 0) is 50.8 Å². The predicted octanol–water partition coefficient (Wildman–Crippen LogP) is 3.18. The summed E-state index contributed by atoms with van der Waals surface area (Å²) in [6.07, 6.45) is 1.80. The summed E-state index contributed by atoms with van der Waals surface area (Å²) >= 11 is 0. The van der Waals surface area contributed by atoms with Crippen LogP contribution in [0.25, 0.3) is 0 Å². The molecule has 1 aliphatic heterocycles. The molecule has 104 valence electrons. The quantitative estimate of drug-likeness (QED) is 0.471. The summed E-state index contributed by atoms with van der Waals surface area (Å²) in [5.41, 5.74) is 2.16. The lowest BCUT2D eigenvalue weighted by molar-refractivity contribution is -0.135. The molecule has 0 aromatic heterocycles. The summed E-state index contributed by atoms with van der Waals surface area (Å²) in [5, 5.41) is 0. The highest BCUT2D eigenvalue weighted by Gasteiger charge is 2.33. The van der Waals surface area contributed by atoms with Crippen molar-refractivity contribution >= 4 is 11.8 Å². The maximum absolute atomic E-state index is 12.2. The molecule has 2 aliphatic rings. The molecule has 1 aromatic rings. The van der Waals surface area contributed by atoms with Crippen molar-refractivity contribution in [2.24, 2.45) is 5.92 Å². The maximum Gasteiger partial charge on any atom is 0.314 e. The fourth-order valence-electron chi connectivity index (χ4n) is 2.27. The molecule has 3 rings (SSSR count). The Morgan fingerprint density at radius 3 is 2.60 bits per heavy atom. The third kappa shape index (κ3) is 2.11. The molecule has 1 aliphatic carbocycles. The zero-order chi connectivity index (χ0) is 14.4. The van der Waals surface area contributed by atoms with E-state index in [1.54, 1.807) is 12.1 Å². The van der Waals surface area contributed by atoms with Crippen LogP contribution in [0.5, 0.6) is 11.5 Å². The number of ketones is 1. The fourth-order valence-corrected chi connectivity index (χ4v) is 2.27. The molecule has 4 heteroatoms. The standard InChI is InChI=1S/C16H16O4/c1-8(2)15-14(17)13-9(3)6-11(7-12(13)20-15)19-16(18)10-4-5-10/h6-7,10H,4-5H2,1-3H3. The topological polar surface area (TPSA) is 52.6 Å². The molecule has 0 N–H and O–H groups in total. The molecule has 1 saturated carbocycles. The Labute approximate surface area is 117 Å². The van der Waals surface area contributed by atoms with Crippen LogP contribution < -0.4 is 9.47 Å². The molecule has 1 aromatic carbocycles. The number of benzene rings is 1. The Kier molecular flexibility index (Phi) is 2.89. The summed E-state index contributed by atoms with van der Waals surface area (Å²) < 4.78 is 10.9. The number of carbonyl (C=O) groups is 2. The van der Waals surface area contributed by atoms with Gasteiger partial charge in [-0.1, -0.05) is 0 Å². The molecule has 0 saturated heterocycles.